The van der Waals surface area contributed by atoms with E-state index in [4.69, 9.17) is 4.74 Å². The largest absolute Gasteiger partial charge is 0.378 e. The Hall–Kier alpha value is -1.95. The number of aromatic amines is 1. The quantitative estimate of drug-likeness (QED) is 0.824. The molecule has 6 nitrogen and oxygen atoms in total. The first-order valence-electron chi connectivity index (χ1n) is 5.59. The molecule has 0 unspecified atom stereocenters. The molecule has 2 aromatic heterocycles. The fourth-order valence-corrected chi connectivity index (χ4v) is 1.80. The number of aromatic nitrogens is 4. The maximum absolute atomic E-state index is 5.30. The fraction of sp³-hybridized carbons (Fsp3) is 0.364. The molecule has 0 amide bonds. The molecule has 0 aliphatic carbocycles. The summed E-state index contributed by atoms with van der Waals surface area (Å²) in [6.45, 7) is 3.15. The van der Waals surface area contributed by atoms with Gasteiger partial charge in [0.15, 0.2) is 5.82 Å². The van der Waals surface area contributed by atoms with E-state index in [0.29, 0.717) is 0 Å². The lowest BCUT2D eigenvalue weighted by molar-refractivity contribution is 0.122. The van der Waals surface area contributed by atoms with E-state index in [1.807, 2.05) is 12.1 Å². The second kappa shape index (κ2) is 4.50. The van der Waals surface area contributed by atoms with Gasteiger partial charge in [-0.25, -0.2) is 0 Å². The van der Waals surface area contributed by atoms with Crippen LogP contribution in [0, 0.1) is 0 Å². The first-order valence-corrected chi connectivity index (χ1v) is 5.59. The lowest BCUT2D eigenvalue weighted by Crippen LogP contribution is -2.36. The average molecular weight is 231 g/mol. The van der Waals surface area contributed by atoms with Gasteiger partial charge in [-0.3, -0.25) is 10.1 Å². The Morgan fingerprint density at radius 1 is 1.18 bits per heavy atom. The van der Waals surface area contributed by atoms with E-state index < -0.39 is 0 Å². The van der Waals surface area contributed by atoms with Gasteiger partial charge in [0.25, 0.3) is 0 Å². The summed E-state index contributed by atoms with van der Waals surface area (Å²) in [5.74, 6) is 1.51. The van der Waals surface area contributed by atoms with Gasteiger partial charge < -0.3 is 9.64 Å². The lowest BCUT2D eigenvalue weighted by atomic mass is 10.3. The first-order chi connectivity index (χ1) is 8.43. The molecule has 17 heavy (non-hydrogen) atoms. The second-order valence-corrected chi connectivity index (χ2v) is 3.82. The summed E-state index contributed by atoms with van der Waals surface area (Å²) in [7, 11) is 0. The summed E-state index contributed by atoms with van der Waals surface area (Å²) < 4.78 is 5.30. The average Bonchev–Trinajstić information content (AvgIpc) is 2.90. The van der Waals surface area contributed by atoms with Crippen molar-refractivity contribution in [1.82, 2.24) is 20.2 Å². The van der Waals surface area contributed by atoms with E-state index in [9.17, 15) is 0 Å². The van der Waals surface area contributed by atoms with E-state index >= 15 is 0 Å². The fourth-order valence-electron chi connectivity index (χ4n) is 1.80. The molecule has 1 N–H and O–H groups in total. The van der Waals surface area contributed by atoms with Crippen molar-refractivity contribution in [3.63, 3.8) is 0 Å². The molecule has 1 fully saturated rings. The van der Waals surface area contributed by atoms with Gasteiger partial charge in [0.05, 0.1) is 13.2 Å². The second-order valence-electron chi connectivity index (χ2n) is 3.82. The van der Waals surface area contributed by atoms with Crippen LogP contribution in [-0.4, -0.2) is 46.5 Å². The summed E-state index contributed by atoms with van der Waals surface area (Å²) in [5, 5.41) is 7.18. The summed E-state index contributed by atoms with van der Waals surface area (Å²) in [6, 6.07) is 3.81. The maximum Gasteiger partial charge on any atom is 0.245 e. The minimum atomic E-state index is 0.735. The Balaban J connectivity index is 1.83. The molecular weight excluding hydrogens is 218 g/mol. The van der Waals surface area contributed by atoms with Crippen molar-refractivity contribution in [3.05, 3.63) is 24.5 Å². The number of pyridine rings is 1. The molecule has 0 atom stereocenters. The van der Waals surface area contributed by atoms with Crippen LogP contribution in [0.25, 0.3) is 11.4 Å². The molecule has 2 aromatic rings. The number of H-pyrrole nitrogens is 1. The first kappa shape index (κ1) is 10.2. The smallest absolute Gasteiger partial charge is 0.245 e. The third-order valence-electron chi connectivity index (χ3n) is 2.72. The topological polar surface area (TPSA) is 66.9 Å². The highest BCUT2D eigenvalue weighted by Gasteiger charge is 2.15. The molecule has 0 bridgehead atoms. The molecule has 3 rings (SSSR count). The molecule has 0 saturated carbocycles. The van der Waals surface area contributed by atoms with Crippen LogP contribution in [0.15, 0.2) is 24.5 Å². The van der Waals surface area contributed by atoms with Gasteiger partial charge >= 0.3 is 0 Å². The van der Waals surface area contributed by atoms with Crippen molar-refractivity contribution in [1.29, 1.82) is 0 Å². The van der Waals surface area contributed by atoms with Crippen LogP contribution in [0.5, 0.6) is 0 Å². The van der Waals surface area contributed by atoms with Gasteiger partial charge in [-0.15, -0.1) is 5.10 Å². The Morgan fingerprint density at radius 2 is 1.94 bits per heavy atom. The van der Waals surface area contributed by atoms with E-state index in [2.05, 4.69) is 25.1 Å². The third kappa shape index (κ3) is 2.12. The molecule has 0 aromatic carbocycles. The molecule has 1 saturated heterocycles. The highest BCUT2D eigenvalue weighted by Crippen LogP contribution is 2.17. The van der Waals surface area contributed by atoms with Crippen molar-refractivity contribution in [2.75, 3.05) is 31.2 Å². The van der Waals surface area contributed by atoms with Gasteiger partial charge in [-0.1, -0.05) is 0 Å². The van der Waals surface area contributed by atoms with Gasteiger partial charge in [-0.05, 0) is 12.1 Å². The lowest BCUT2D eigenvalue weighted by Gasteiger charge is -2.25. The Bertz CT molecular complexity index is 478. The van der Waals surface area contributed by atoms with Crippen molar-refractivity contribution in [3.8, 4) is 11.4 Å². The van der Waals surface area contributed by atoms with Crippen molar-refractivity contribution in [2.45, 2.75) is 0 Å². The van der Waals surface area contributed by atoms with Crippen LogP contribution >= 0.6 is 0 Å². The van der Waals surface area contributed by atoms with Crippen LogP contribution in [0.2, 0.25) is 0 Å². The van der Waals surface area contributed by atoms with Crippen LogP contribution in [0.1, 0.15) is 0 Å². The summed E-state index contributed by atoms with van der Waals surface area (Å²) in [6.07, 6.45) is 3.48. The Morgan fingerprint density at radius 3 is 2.71 bits per heavy atom. The van der Waals surface area contributed by atoms with Crippen LogP contribution in [0.3, 0.4) is 0 Å². The van der Waals surface area contributed by atoms with E-state index in [1.165, 1.54) is 0 Å². The Labute approximate surface area is 98.7 Å². The Kier molecular flexibility index (Phi) is 2.71. The minimum Gasteiger partial charge on any atom is -0.378 e. The van der Waals surface area contributed by atoms with Crippen LogP contribution < -0.4 is 4.90 Å². The standard InChI is InChI=1S/C11H13N5O/c1-3-12-4-2-9(1)10-13-11(15-14-10)16-5-7-17-8-6-16/h1-4H,5-8H2,(H,13,14,15). The molecule has 1 aliphatic rings. The van der Waals surface area contributed by atoms with Crippen LogP contribution in [0.4, 0.5) is 5.95 Å². The summed E-state index contributed by atoms with van der Waals surface area (Å²) >= 11 is 0. The van der Waals surface area contributed by atoms with Crippen molar-refractivity contribution in [2.24, 2.45) is 0 Å². The zero-order chi connectivity index (χ0) is 11.5. The monoisotopic (exact) mass is 231 g/mol. The number of rotatable bonds is 2. The number of nitrogens with zero attached hydrogens (tertiary/aromatic N) is 4. The summed E-state index contributed by atoms with van der Waals surface area (Å²) in [5.41, 5.74) is 0.993. The molecular formula is C11H13N5O. The van der Waals surface area contributed by atoms with E-state index in [1.54, 1.807) is 12.4 Å². The predicted molar refractivity (Wildman–Crippen MR) is 62.6 cm³/mol. The number of morpholine rings is 1. The number of ether oxygens (including phenoxy) is 1. The molecule has 3 heterocycles. The van der Waals surface area contributed by atoms with E-state index in [-0.39, 0.29) is 0 Å². The van der Waals surface area contributed by atoms with Crippen molar-refractivity contribution >= 4 is 5.95 Å². The molecule has 1 aliphatic heterocycles. The third-order valence-corrected chi connectivity index (χ3v) is 2.72. The van der Waals surface area contributed by atoms with Gasteiger partial charge in [-0.2, -0.15) is 4.98 Å². The minimum absolute atomic E-state index is 0.735. The highest BCUT2D eigenvalue weighted by molar-refractivity contribution is 5.55. The zero-order valence-corrected chi connectivity index (χ0v) is 9.33. The number of nitrogens with one attached hydrogen (secondary N) is 1. The predicted octanol–water partition coefficient (Wildman–Crippen LogP) is 0.703. The number of anilines is 1. The van der Waals surface area contributed by atoms with Gasteiger partial charge in [0, 0.05) is 31.0 Å². The molecule has 0 spiro atoms. The van der Waals surface area contributed by atoms with Gasteiger partial charge in [0.2, 0.25) is 5.95 Å². The number of hydrogen-bond donors (Lipinski definition) is 1. The SMILES string of the molecule is c1cc(-c2nc(N3CCOCC3)n[nH]2)ccn1. The zero-order valence-electron chi connectivity index (χ0n) is 9.33. The van der Waals surface area contributed by atoms with Crippen LogP contribution in [-0.2, 0) is 4.74 Å². The molecule has 0 radical (unpaired) electrons. The highest BCUT2D eigenvalue weighted by atomic mass is 16.5. The molecule has 6 heteroatoms. The number of hydrogen-bond acceptors (Lipinski definition) is 5. The van der Waals surface area contributed by atoms with Crippen molar-refractivity contribution < 1.29 is 4.74 Å². The maximum atomic E-state index is 5.30. The summed E-state index contributed by atoms with van der Waals surface area (Å²) in [4.78, 5) is 10.6. The van der Waals surface area contributed by atoms with Gasteiger partial charge in [0.1, 0.15) is 0 Å². The normalized spacial score (nSPS) is 16.1. The molecule has 88 valence electrons. The van der Waals surface area contributed by atoms with E-state index in [0.717, 1.165) is 43.6 Å².